The number of hydrogen-bond acceptors (Lipinski definition) is 4. The van der Waals surface area contributed by atoms with E-state index < -0.39 is 5.91 Å². The molecule has 3 aromatic rings. The molecule has 0 unspecified atom stereocenters. The molecular formula is C27H21BrCl2N2O3. The number of anilines is 1. The molecule has 1 N–H and O–H groups in total. The first kappa shape index (κ1) is 26.4. The van der Waals surface area contributed by atoms with Gasteiger partial charge in [0.25, 0.3) is 5.91 Å². The Labute approximate surface area is 222 Å². The lowest BCUT2D eigenvalue weighted by Gasteiger charge is -2.16. The van der Waals surface area contributed by atoms with Crippen LogP contribution in [0.3, 0.4) is 0 Å². The number of carbonyl (C=O) groups excluding carboxylic acids is 1. The number of carbonyl (C=O) groups is 1. The summed E-state index contributed by atoms with van der Waals surface area (Å²) in [5.74, 6) is 0.431. The topological polar surface area (TPSA) is 71.4 Å². The summed E-state index contributed by atoms with van der Waals surface area (Å²) in [6, 6.07) is 18.1. The van der Waals surface area contributed by atoms with Crippen LogP contribution in [-0.4, -0.2) is 13.0 Å². The molecule has 0 aliphatic rings. The summed E-state index contributed by atoms with van der Waals surface area (Å²) in [6.45, 7) is 4.16. The molecular weight excluding hydrogens is 551 g/mol. The molecule has 3 rings (SSSR count). The Morgan fingerprint density at radius 3 is 2.60 bits per heavy atom. The maximum absolute atomic E-state index is 12.7. The fourth-order valence-corrected chi connectivity index (χ4v) is 3.84. The molecule has 0 aromatic heterocycles. The van der Waals surface area contributed by atoms with Crippen molar-refractivity contribution in [3.8, 4) is 17.6 Å². The molecule has 178 valence electrons. The van der Waals surface area contributed by atoms with Gasteiger partial charge in [0, 0.05) is 10.0 Å². The Balaban J connectivity index is 1.91. The van der Waals surface area contributed by atoms with Gasteiger partial charge in [-0.1, -0.05) is 63.4 Å². The number of allylic oxidation sites excluding steroid dienone is 1. The molecule has 8 heteroatoms. The smallest absolute Gasteiger partial charge is 0.266 e. The number of methoxy groups -OCH3 is 1. The minimum Gasteiger partial charge on any atom is -0.493 e. The van der Waals surface area contributed by atoms with Crippen molar-refractivity contribution in [2.45, 2.75) is 13.0 Å². The molecule has 0 aliphatic heterocycles. The molecule has 0 spiro atoms. The van der Waals surface area contributed by atoms with E-state index in [9.17, 15) is 10.1 Å². The molecule has 0 saturated heterocycles. The van der Waals surface area contributed by atoms with Crippen LogP contribution in [0.25, 0.3) is 6.08 Å². The number of nitrogens with one attached hydrogen (secondary N) is 1. The van der Waals surface area contributed by atoms with Crippen molar-refractivity contribution in [3.05, 3.63) is 104 Å². The van der Waals surface area contributed by atoms with Gasteiger partial charge in [-0.2, -0.15) is 5.26 Å². The summed E-state index contributed by atoms with van der Waals surface area (Å²) in [5, 5.41) is 12.7. The fraction of sp³-hybridized carbons (Fsp3) is 0.111. The third-order valence-corrected chi connectivity index (χ3v) is 6.26. The minimum atomic E-state index is -0.614. The van der Waals surface area contributed by atoms with Crippen molar-refractivity contribution in [3.63, 3.8) is 0 Å². The SMILES string of the molecule is C=CCc1cc(/C=C(/C#N)C(=O)Nc2cccc(Cl)c2Cl)cc(OC)c1OCc1ccc(Br)cc1. The number of hydrogen-bond donors (Lipinski definition) is 1. The van der Waals surface area contributed by atoms with Crippen molar-refractivity contribution in [2.75, 3.05) is 12.4 Å². The lowest BCUT2D eigenvalue weighted by atomic mass is 10.0. The second-order valence-electron chi connectivity index (χ2n) is 7.34. The summed E-state index contributed by atoms with van der Waals surface area (Å²) in [7, 11) is 1.53. The van der Waals surface area contributed by atoms with E-state index in [1.807, 2.05) is 36.4 Å². The van der Waals surface area contributed by atoms with E-state index in [1.165, 1.54) is 13.2 Å². The summed E-state index contributed by atoms with van der Waals surface area (Å²) in [6.07, 6.45) is 3.72. The Morgan fingerprint density at radius 1 is 1.20 bits per heavy atom. The first-order valence-electron chi connectivity index (χ1n) is 10.4. The molecule has 5 nitrogen and oxygen atoms in total. The lowest BCUT2D eigenvalue weighted by molar-refractivity contribution is -0.112. The highest BCUT2D eigenvalue weighted by molar-refractivity contribution is 9.10. The predicted octanol–water partition coefficient (Wildman–Crippen LogP) is 7.62. The molecule has 0 atom stereocenters. The first-order valence-corrected chi connectivity index (χ1v) is 12.0. The van der Waals surface area contributed by atoms with Gasteiger partial charge in [-0.15, -0.1) is 6.58 Å². The van der Waals surface area contributed by atoms with Crippen LogP contribution in [0.5, 0.6) is 11.5 Å². The molecule has 0 radical (unpaired) electrons. The normalized spacial score (nSPS) is 10.9. The fourth-order valence-electron chi connectivity index (χ4n) is 3.23. The molecule has 0 heterocycles. The van der Waals surface area contributed by atoms with E-state index in [0.29, 0.717) is 40.8 Å². The number of rotatable bonds is 9. The van der Waals surface area contributed by atoms with Gasteiger partial charge in [-0.25, -0.2) is 0 Å². The molecule has 3 aromatic carbocycles. The number of halogens is 3. The monoisotopic (exact) mass is 570 g/mol. The van der Waals surface area contributed by atoms with Crippen molar-refractivity contribution in [2.24, 2.45) is 0 Å². The molecule has 0 aliphatic carbocycles. The summed E-state index contributed by atoms with van der Waals surface area (Å²) < 4.78 is 12.6. The van der Waals surface area contributed by atoms with Gasteiger partial charge >= 0.3 is 0 Å². The zero-order valence-corrected chi connectivity index (χ0v) is 21.9. The number of ether oxygens (including phenoxy) is 2. The standard InChI is InChI=1S/C27H21BrCl2N2O3/c1-3-5-19-12-18(13-20(15-31)27(33)32-23-7-4-6-22(29)25(23)30)14-24(34-2)26(19)35-16-17-8-10-21(28)11-9-17/h3-4,6-14H,1,5,16H2,2H3,(H,32,33)/b20-13-. The Bertz CT molecular complexity index is 1320. The Morgan fingerprint density at radius 2 is 1.94 bits per heavy atom. The molecule has 35 heavy (non-hydrogen) atoms. The van der Waals surface area contributed by atoms with Gasteiger partial charge in [-0.3, -0.25) is 4.79 Å². The zero-order valence-electron chi connectivity index (χ0n) is 18.8. The highest BCUT2D eigenvalue weighted by atomic mass is 79.9. The van der Waals surface area contributed by atoms with Crippen molar-refractivity contribution in [1.82, 2.24) is 0 Å². The van der Waals surface area contributed by atoms with Gasteiger partial charge in [-0.05, 0) is 60.0 Å². The van der Waals surface area contributed by atoms with Crippen LogP contribution in [0, 0.1) is 11.3 Å². The predicted molar refractivity (Wildman–Crippen MR) is 144 cm³/mol. The van der Waals surface area contributed by atoms with Crippen LogP contribution in [0.2, 0.25) is 10.0 Å². The average molecular weight is 572 g/mol. The highest BCUT2D eigenvalue weighted by Gasteiger charge is 2.16. The average Bonchev–Trinajstić information content (AvgIpc) is 2.85. The lowest BCUT2D eigenvalue weighted by Crippen LogP contribution is -2.13. The van der Waals surface area contributed by atoms with E-state index in [4.69, 9.17) is 32.7 Å². The number of amides is 1. The maximum atomic E-state index is 12.7. The zero-order chi connectivity index (χ0) is 25.4. The second kappa shape index (κ2) is 12.5. The van der Waals surface area contributed by atoms with Crippen LogP contribution in [0.4, 0.5) is 5.69 Å². The quantitative estimate of drug-likeness (QED) is 0.163. The van der Waals surface area contributed by atoms with Crippen molar-refractivity contribution >= 4 is 56.8 Å². The summed E-state index contributed by atoms with van der Waals surface area (Å²) >= 11 is 15.6. The van der Waals surface area contributed by atoms with E-state index in [0.717, 1.165) is 15.6 Å². The van der Waals surface area contributed by atoms with E-state index in [2.05, 4.69) is 27.8 Å². The van der Waals surface area contributed by atoms with Crippen LogP contribution >= 0.6 is 39.1 Å². The van der Waals surface area contributed by atoms with Crippen LogP contribution in [0.1, 0.15) is 16.7 Å². The third kappa shape index (κ3) is 6.89. The summed E-state index contributed by atoms with van der Waals surface area (Å²) in [4.78, 5) is 12.7. The van der Waals surface area contributed by atoms with Gasteiger partial charge in [0.2, 0.25) is 0 Å². The highest BCUT2D eigenvalue weighted by Crippen LogP contribution is 2.35. The largest absolute Gasteiger partial charge is 0.493 e. The van der Waals surface area contributed by atoms with Crippen LogP contribution < -0.4 is 14.8 Å². The maximum Gasteiger partial charge on any atom is 0.266 e. The van der Waals surface area contributed by atoms with Crippen LogP contribution in [-0.2, 0) is 17.8 Å². The summed E-state index contributed by atoms with van der Waals surface area (Å²) in [5.41, 5.74) is 2.59. The number of nitrogens with zero attached hydrogens (tertiary/aromatic N) is 1. The second-order valence-corrected chi connectivity index (χ2v) is 9.05. The number of benzene rings is 3. The molecule has 0 bridgehead atoms. The van der Waals surface area contributed by atoms with Gasteiger partial charge in [0.15, 0.2) is 11.5 Å². The van der Waals surface area contributed by atoms with E-state index in [1.54, 1.807) is 30.3 Å². The third-order valence-electron chi connectivity index (χ3n) is 4.91. The van der Waals surface area contributed by atoms with Gasteiger partial charge < -0.3 is 14.8 Å². The van der Waals surface area contributed by atoms with Crippen molar-refractivity contribution < 1.29 is 14.3 Å². The van der Waals surface area contributed by atoms with Crippen LogP contribution in [0.15, 0.2) is 77.3 Å². The van der Waals surface area contributed by atoms with E-state index >= 15 is 0 Å². The minimum absolute atomic E-state index is 0.115. The molecule has 0 fully saturated rings. The molecule has 0 saturated carbocycles. The Kier molecular flexibility index (Phi) is 9.39. The van der Waals surface area contributed by atoms with Gasteiger partial charge in [0.05, 0.1) is 22.8 Å². The first-order chi connectivity index (χ1) is 16.9. The number of nitriles is 1. The van der Waals surface area contributed by atoms with Crippen molar-refractivity contribution in [1.29, 1.82) is 5.26 Å². The molecule has 1 amide bonds. The van der Waals surface area contributed by atoms with Gasteiger partial charge in [0.1, 0.15) is 18.2 Å². The Hall–Kier alpha value is -3.24. The van der Waals surface area contributed by atoms with E-state index in [-0.39, 0.29) is 10.6 Å².